The molecule has 0 bridgehead atoms. The zero-order valence-electron chi connectivity index (χ0n) is 19.6. The lowest BCUT2D eigenvalue weighted by Crippen LogP contribution is -2.32. The number of sulfonamides is 1. The van der Waals surface area contributed by atoms with Crippen LogP contribution >= 0.6 is 0 Å². The molecule has 0 saturated heterocycles. The molecule has 0 unspecified atom stereocenters. The topological polar surface area (TPSA) is 68.8 Å². The minimum atomic E-state index is -4.87. The molecule has 0 heterocycles. The molecule has 0 aromatic heterocycles. The van der Waals surface area contributed by atoms with Gasteiger partial charge in [0.05, 0.1) is 11.8 Å². The average molecular weight is 539 g/mol. The smallest absolute Gasteiger partial charge is 0.302 e. The van der Waals surface area contributed by atoms with Crippen molar-refractivity contribution in [2.24, 2.45) is 0 Å². The van der Waals surface area contributed by atoms with Gasteiger partial charge in [-0.1, -0.05) is 36.4 Å². The van der Waals surface area contributed by atoms with Gasteiger partial charge in [0.25, 0.3) is 10.0 Å². The standard InChI is InChI=1S/C27H18F4N4O2S/c1-33-17-35(38(36,37)27-23(30)10-5-11-24(27)31)26-13-12-25(18-6-2-3-7-19(18)26)34(15-14-32)16-20-21(28)8-4-9-22(20)29/h2-13H,15-17H2. The molecule has 0 aliphatic rings. The van der Waals surface area contributed by atoms with Crippen molar-refractivity contribution in [2.45, 2.75) is 11.4 Å². The van der Waals surface area contributed by atoms with Crippen molar-refractivity contribution >= 4 is 32.2 Å². The van der Waals surface area contributed by atoms with Crippen LogP contribution in [0, 0.1) is 41.2 Å². The summed E-state index contributed by atoms with van der Waals surface area (Å²) < 4.78 is 85.1. The monoisotopic (exact) mass is 538 g/mol. The van der Waals surface area contributed by atoms with Crippen LogP contribution in [0.2, 0.25) is 0 Å². The maximum Gasteiger partial charge on any atom is 0.302 e. The molecule has 0 aliphatic carbocycles. The van der Waals surface area contributed by atoms with Crippen LogP contribution in [-0.4, -0.2) is 21.6 Å². The molecule has 0 atom stereocenters. The van der Waals surface area contributed by atoms with Gasteiger partial charge in [0.2, 0.25) is 0 Å². The predicted octanol–water partition coefficient (Wildman–Crippen LogP) is 6.00. The maximum absolute atomic E-state index is 14.5. The highest BCUT2D eigenvalue weighted by Crippen LogP contribution is 2.38. The number of nitrogens with zero attached hydrogens (tertiary/aromatic N) is 4. The summed E-state index contributed by atoms with van der Waals surface area (Å²) in [6.07, 6.45) is 0. The maximum atomic E-state index is 14.5. The lowest BCUT2D eigenvalue weighted by Gasteiger charge is -2.27. The van der Waals surface area contributed by atoms with Crippen molar-refractivity contribution in [3.05, 3.63) is 113 Å². The molecule has 11 heteroatoms. The molecule has 0 N–H and O–H groups in total. The lowest BCUT2D eigenvalue weighted by molar-refractivity contribution is 0.518. The summed E-state index contributed by atoms with van der Waals surface area (Å²) >= 11 is 0. The van der Waals surface area contributed by atoms with Crippen LogP contribution in [0.1, 0.15) is 5.56 Å². The Hall–Kier alpha value is -4.61. The Morgan fingerprint density at radius 2 is 1.32 bits per heavy atom. The average Bonchev–Trinajstić information content (AvgIpc) is 2.88. The molecule has 4 rings (SSSR count). The van der Waals surface area contributed by atoms with E-state index in [1.807, 2.05) is 6.07 Å². The van der Waals surface area contributed by atoms with E-state index < -0.39 is 44.9 Å². The highest BCUT2D eigenvalue weighted by molar-refractivity contribution is 7.92. The van der Waals surface area contributed by atoms with Crippen LogP contribution in [-0.2, 0) is 16.6 Å². The third-order valence-corrected chi connectivity index (χ3v) is 7.62. The molecule has 6 nitrogen and oxygen atoms in total. The summed E-state index contributed by atoms with van der Waals surface area (Å²) in [7, 11) is -4.87. The van der Waals surface area contributed by atoms with Gasteiger partial charge in [0.15, 0.2) is 4.90 Å². The molecule has 0 saturated carbocycles. The normalized spacial score (nSPS) is 11.1. The van der Waals surface area contributed by atoms with E-state index in [1.54, 1.807) is 18.2 Å². The number of hydrogen-bond donors (Lipinski definition) is 0. The third kappa shape index (κ3) is 4.84. The minimum absolute atomic E-state index is 0.0445. The van der Waals surface area contributed by atoms with Crippen LogP contribution in [0.4, 0.5) is 28.9 Å². The number of hydrogen-bond acceptors (Lipinski definition) is 4. The highest BCUT2D eigenvalue weighted by Gasteiger charge is 2.34. The minimum Gasteiger partial charge on any atom is -0.353 e. The first kappa shape index (κ1) is 26.5. The van der Waals surface area contributed by atoms with Gasteiger partial charge in [-0.05, 0) is 36.4 Å². The molecule has 38 heavy (non-hydrogen) atoms. The van der Waals surface area contributed by atoms with Gasteiger partial charge in [0.1, 0.15) is 29.8 Å². The largest absolute Gasteiger partial charge is 0.353 e. The molecular weight excluding hydrogens is 520 g/mol. The van der Waals surface area contributed by atoms with Gasteiger partial charge in [-0.2, -0.15) is 9.57 Å². The van der Waals surface area contributed by atoms with Crippen LogP contribution < -0.4 is 9.21 Å². The van der Waals surface area contributed by atoms with Gasteiger partial charge in [-0.15, -0.1) is 0 Å². The number of benzene rings is 4. The summed E-state index contributed by atoms with van der Waals surface area (Å²) in [6, 6.07) is 17.1. The molecule has 0 fully saturated rings. The van der Waals surface area contributed by atoms with E-state index in [1.165, 1.54) is 29.2 Å². The zero-order chi connectivity index (χ0) is 27.4. The lowest BCUT2D eigenvalue weighted by atomic mass is 10.0. The van der Waals surface area contributed by atoms with Crippen molar-refractivity contribution in [1.82, 2.24) is 0 Å². The highest BCUT2D eigenvalue weighted by atomic mass is 32.2. The zero-order valence-corrected chi connectivity index (χ0v) is 20.4. The van der Waals surface area contributed by atoms with E-state index in [-0.39, 0.29) is 29.7 Å². The summed E-state index contributed by atoms with van der Waals surface area (Å²) in [6.45, 7) is 5.94. The Morgan fingerprint density at radius 3 is 1.87 bits per heavy atom. The second kappa shape index (κ2) is 10.8. The summed E-state index contributed by atoms with van der Waals surface area (Å²) in [5, 5.41) is 10.1. The van der Waals surface area contributed by atoms with Crippen LogP contribution in [0.5, 0.6) is 0 Å². The second-order valence-corrected chi connectivity index (χ2v) is 9.87. The summed E-state index contributed by atoms with van der Waals surface area (Å²) in [5.74, 6) is -4.22. The van der Waals surface area contributed by atoms with E-state index in [4.69, 9.17) is 6.57 Å². The van der Waals surface area contributed by atoms with Gasteiger partial charge >= 0.3 is 6.67 Å². The van der Waals surface area contributed by atoms with E-state index in [0.717, 1.165) is 30.3 Å². The molecule has 0 amide bonds. The Balaban J connectivity index is 1.90. The Bertz CT molecular complexity index is 1670. The summed E-state index contributed by atoms with van der Waals surface area (Å²) in [5.41, 5.74) is 0.0471. The van der Waals surface area contributed by atoms with Crippen molar-refractivity contribution in [3.8, 4) is 6.07 Å². The van der Waals surface area contributed by atoms with Crippen LogP contribution in [0.3, 0.4) is 0 Å². The van der Waals surface area contributed by atoms with Gasteiger partial charge in [0, 0.05) is 28.6 Å². The van der Waals surface area contributed by atoms with Crippen LogP contribution in [0.15, 0.2) is 77.7 Å². The molecule has 4 aromatic carbocycles. The molecular formula is C27H18F4N4O2S. The quantitative estimate of drug-likeness (QED) is 0.157. The first-order valence-electron chi connectivity index (χ1n) is 11.1. The van der Waals surface area contributed by atoms with Gasteiger partial charge < -0.3 is 4.90 Å². The Labute approximate surface area is 216 Å². The fourth-order valence-electron chi connectivity index (χ4n) is 4.13. The second-order valence-electron chi connectivity index (χ2n) is 8.07. The van der Waals surface area contributed by atoms with E-state index in [2.05, 4.69) is 4.85 Å². The first-order chi connectivity index (χ1) is 18.2. The van der Waals surface area contributed by atoms with Crippen molar-refractivity contribution in [3.63, 3.8) is 0 Å². The van der Waals surface area contributed by atoms with Gasteiger partial charge in [-0.3, -0.25) is 4.85 Å². The van der Waals surface area contributed by atoms with E-state index in [0.29, 0.717) is 15.4 Å². The van der Waals surface area contributed by atoms with E-state index in [9.17, 15) is 31.2 Å². The first-order valence-corrected chi connectivity index (χ1v) is 12.5. The molecule has 0 aliphatic heterocycles. The van der Waals surface area contributed by atoms with Crippen LogP contribution in [0.25, 0.3) is 15.6 Å². The Morgan fingerprint density at radius 1 is 0.789 bits per heavy atom. The third-order valence-electron chi connectivity index (χ3n) is 5.83. The molecule has 192 valence electrons. The molecule has 4 aromatic rings. The number of rotatable bonds is 8. The van der Waals surface area contributed by atoms with E-state index >= 15 is 0 Å². The van der Waals surface area contributed by atoms with Crippen molar-refractivity contribution < 1.29 is 26.0 Å². The van der Waals surface area contributed by atoms with Crippen molar-refractivity contribution in [1.29, 1.82) is 5.26 Å². The molecule has 0 spiro atoms. The fourth-order valence-corrected chi connectivity index (χ4v) is 5.61. The fraction of sp³-hybridized carbons (Fsp3) is 0.111. The number of nitriles is 1. The number of anilines is 2. The number of halogens is 4. The summed E-state index contributed by atoms with van der Waals surface area (Å²) in [4.78, 5) is 3.37. The SMILES string of the molecule is [C-]#[N+]CN(c1ccc(N(CC#N)Cc2c(F)cccc2F)c2ccccc12)S(=O)(=O)c1c(F)cccc1F. The number of fused-ring (bicyclic) bond motifs is 1. The predicted molar refractivity (Wildman–Crippen MR) is 134 cm³/mol. The molecule has 0 radical (unpaired) electrons. The van der Waals surface area contributed by atoms with Crippen molar-refractivity contribution in [2.75, 3.05) is 22.4 Å². The van der Waals surface area contributed by atoms with Gasteiger partial charge in [-0.25, -0.2) is 32.6 Å². The Kier molecular flexibility index (Phi) is 7.51.